The highest BCUT2D eigenvalue weighted by molar-refractivity contribution is 5.76. The standard InChI is InChI=1S/C11H20O7/c1-5-7(13)4-11(17-3,10(15)16)18-9(5)8(14)6(2)12/h5-9,12-14H,4H2,1-3H3,(H,15,16)/i2D. The summed E-state index contributed by atoms with van der Waals surface area (Å²) in [5, 5.41) is 38.4. The van der Waals surface area contributed by atoms with Crippen molar-refractivity contribution in [3.8, 4) is 0 Å². The van der Waals surface area contributed by atoms with E-state index in [1.807, 2.05) is 0 Å². The average molecular weight is 265 g/mol. The highest BCUT2D eigenvalue weighted by Gasteiger charge is 2.53. The summed E-state index contributed by atoms with van der Waals surface area (Å²) in [6, 6.07) is 0. The van der Waals surface area contributed by atoms with Gasteiger partial charge in [-0.15, -0.1) is 0 Å². The first-order chi connectivity index (χ1) is 8.79. The Morgan fingerprint density at radius 3 is 2.67 bits per heavy atom. The molecule has 0 aromatic carbocycles. The van der Waals surface area contributed by atoms with Gasteiger partial charge in [-0.25, -0.2) is 4.79 Å². The molecule has 0 saturated carbocycles. The lowest BCUT2D eigenvalue weighted by Gasteiger charge is -2.44. The van der Waals surface area contributed by atoms with Gasteiger partial charge in [-0.2, -0.15) is 0 Å². The third-order valence-corrected chi connectivity index (χ3v) is 3.32. The molecular formula is C11H20O7. The molecule has 1 aliphatic rings. The lowest BCUT2D eigenvalue weighted by molar-refractivity contribution is -0.309. The Kier molecular flexibility index (Phi) is 4.18. The summed E-state index contributed by atoms with van der Waals surface area (Å²) in [7, 11) is 1.13. The largest absolute Gasteiger partial charge is 0.477 e. The normalized spacial score (nSPS) is 40.9. The fourth-order valence-electron chi connectivity index (χ4n) is 2.01. The maximum atomic E-state index is 11.2. The molecule has 0 amide bonds. The van der Waals surface area contributed by atoms with Crippen LogP contribution in [0.5, 0.6) is 0 Å². The van der Waals surface area contributed by atoms with Crippen molar-refractivity contribution in [1.29, 1.82) is 0 Å². The van der Waals surface area contributed by atoms with Gasteiger partial charge in [-0.05, 0) is 6.90 Å². The molecule has 7 nitrogen and oxygen atoms in total. The van der Waals surface area contributed by atoms with Crippen molar-refractivity contribution in [1.82, 2.24) is 0 Å². The minimum absolute atomic E-state index is 0.278. The van der Waals surface area contributed by atoms with Crippen molar-refractivity contribution < 1.29 is 36.1 Å². The van der Waals surface area contributed by atoms with Crippen LogP contribution in [0.4, 0.5) is 0 Å². The van der Waals surface area contributed by atoms with Crippen LogP contribution in [0.1, 0.15) is 21.6 Å². The monoisotopic (exact) mass is 265 g/mol. The molecule has 4 N–H and O–H groups in total. The Bertz CT molecular complexity index is 326. The number of rotatable bonds is 4. The van der Waals surface area contributed by atoms with Gasteiger partial charge in [0, 0.05) is 20.8 Å². The van der Waals surface area contributed by atoms with Crippen molar-refractivity contribution in [2.45, 2.75) is 50.4 Å². The first-order valence-corrected chi connectivity index (χ1v) is 5.59. The van der Waals surface area contributed by atoms with Crippen LogP contribution in [-0.4, -0.2) is 63.7 Å². The van der Waals surface area contributed by atoms with E-state index in [4.69, 9.17) is 16.0 Å². The molecule has 0 bridgehead atoms. The van der Waals surface area contributed by atoms with Crippen LogP contribution in [0.25, 0.3) is 0 Å². The zero-order chi connectivity index (χ0) is 14.8. The molecule has 18 heavy (non-hydrogen) atoms. The molecule has 1 fully saturated rings. The van der Waals surface area contributed by atoms with Gasteiger partial charge in [0.05, 0.1) is 18.3 Å². The van der Waals surface area contributed by atoms with E-state index in [-0.39, 0.29) is 6.42 Å². The van der Waals surface area contributed by atoms with E-state index < -0.39 is 49.0 Å². The summed E-state index contributed by atoms with van der Waals surface area (Å²) in [5.74, 6) is -4.07. The molecule has 7 heteroatoms. The van der Waals surface area contributed by atoms with Crippen LogP contribution >= 0.6 is 0 Å². The van der Waals surface area contributed by atoms with Crippen molar-refractivity contribution in [3.63, 3.8) is 0 Å². The SMILES string of the molecule is [2H]CC(O)C(O)C1OC(OC)(C(=O)O)CC(O)C1C. The molecular weight excluding hydrogens is 244 g/mol. The van der Waals surface area contributed by atoms with E-state index in [0.717, 1.165) is 7.11 Å². The fraction of sp³-hybridized carbons (Fsp3) is 0.909. The summed E-state index contributed by atoms with van der Waals surface area (Å²) in [6.07, 6.45) is -5.35. The zero-order valence-corrected chi connectivity index (χ0v) is 10.3. The van der Waals surface area contributed by atoms with Crippen LogP contribution in [-0.2, 0) is 14.3 Å². The molecule has 0 aromatic rings. The number of hydrogen-bond acceptors (Lipinski definition) is 6. The second-order valence-corrected chi connectivity index (χ2v) is 4.53. The predicted molar refractivity (Wildman–Crippen MR) is 59.7 cm³/mol. The highest BCUT2D eigenvalue weighted by Crippen LogP contribution is 2.35. The number of carboxylic acids is 1. The molecule has 0 aliphatic carbocycles. The zero-order valence-electron chi connectivity index (χ0n) is 11.3. The molecule has 0 aromatic heterocycles. The molecule has 1 rings (SSSR count). The van der Waals surface area contributed by atoms with E-state index in [1.54, 1.807) is 6.92 Å². The Labute approximate surface area is 106 Å². The van der Waals surface area contributed by atoms with Gasteiger partial charge >= 0.3 is 5.97 Å². The summed E-state index contributed by atoms with van der Waals surface area (Å²) < 4.78 is 17.1. The molecule has 0 spiro atoms. The lowest BCUT2D eigenvalue weighted by Crippen LogP contribution is -2.60. The Hall–Kier alpha value is -0.730. The van der Waals surface area contributed by atoms with E-state index in [0.29, 0.717) is 0 Å². The summed E-state index contributed by atoms with van der Waals surface area (Å²) in [4.78, 5) is 11.2. The average Bonchev–Trinajstić information content (AvgIpc) is 2.39. The van der Waals surface area contributed by atoms with Crippen LogP contribution < -0.4 is 0 Å². The molecule has 1 aliphatic heterocycles. The number of methoxy groups -OCH3 is 1. The van der Waals surface area contributed by atoms with Crippen molar-refractivity contribution in [2.75, 3.05) is 7.11 Å². The van der Waals surface area contributed by atoms with E-state index in [2.05, 4.69) is 0 Å². The van der Waals surface area contributed by atoms with Crippen molar-refractivity contribution in [3.05, 3.63) is 0 Å². The molecule has 1 heterocycles. The van der Waals surface area contributed by atoms with Crippen LogP contribution in [0.3, 0.4) is 0 Å². The smallest absolute Gasteiger partial charge is 0.364 e. The minimum atomic E-state index is -2.06. The molecule has 0 radical (unpaired) electrons. The quantitative estimate of drug-likeness (QED) is 0.512. The molecule has 106 valence electrons. The maximum Gasteiger partial charge on any atom is 0.364 e. The summed E-state index contributed by atoms with van der Waals surface area (Å²) in [6.45, 7) is 1.10. The molecule has 6 atom stereocenters. The summed E-state index contributed by atoms with van der Waals surface area (Å²) in [5.41, 5.74) is 0. The molecule has 1 saturated heterocycles. The Balaban J connectivity index is 2.99. The van der Waals surface area contributed by atoms with E-state index in [9.17, 15) is 20.1 Å². The van der Waals surface area contributed by atoms with Crippen LogP contribution in [0.2, 0.25) is 0 Å². The second kappa shape index (κ2) is 5.50. The maximum absolute atomic E-state index is 11.2. The fourth-order valence-corrected chi connectivity index (χ4v) is 2.01. The Morgan fingerprint density at radius 1 is 1.61 bits per heavy atom. The van der Waals surface area contributed by atoms with E-state index in [1.165, 1.54) is 0 Å². The number of aliphatic hydroxyl groups excluding tert-OH is 3. The number of hydrogen-bond donors (Lipinski definition) is 4. The van der Waals surface area contributed by atoms with Crippen LogP contribution in [0, 0.1) is 5.92 Å². The topological polar surface area (TPSA) is 116 Å². The second-order valence-electron chi connectivity index (χ2n) is 4.53. The number of carboxylic acid groups (broad SMARTS) is 1. The van der Waals surface area contributed by atoms with Gasteiger partial charge in [-0.3, -0.25) is 0 Å². The number of aliphatic carboxylic acids is 1. The lowest BCUT2D eigenvalue weighted by atomic mass is 9.85. The van der Waals surface area contributed by atoms with Gasteiger partial charge in [0.2, 0.25) is 0 Å². The van der Waals surface area contributed by atoms with Gasteiger partial charge in [0.15, 0.2) is 0 Å². The van der Waals surface area contributed by atoms with Crippen molar-refractivity contribution in [2.24, 2.45) is 5.92 Å². The van der Waals surface area contributed by atoms with Gasteiger partial charge in [-0.1, -0.05) is 6.92 Å². The first kappa shape index (κ1) is 13.7. The molecule has 6 unspecified atom stereocenters. The third-order valence-electron chi connectivity index (χ3n) is 3.32. The number of carbonyl (C=O) groups is 1. The van der Waals surface area contributed by atoms with Gasteiger partial charge in [0.25, 0.3) is 5.79 Å². The van der Waals surface area contributed by atoms with Gasteiger partial charge < -0.3 is 29.9 Å². The number of ether oxygens (including phenoxy) is 2. The predicted octanol–water partition coefficient (Wildman–Crippen LogP) is -1.06. The first-order valence-electron chi connectivity index (χ1n) is 6.29. The van der Waals surface area contributed by atoms with E-state index >= 15 is 0 Å². The summed E-state index contributed by atoms with van der Waals surface area (Å²) >= 11 is 0. The third kappa shape index (κ3) is 2.65. The highest BCUT2D eigenvalue weighted by atomic mass is 16.7. The van der Waals surface area contributed by atoms with Crippen molar-refractivity contribution >= 4 is 5.97 Å². The van der Waals surface area contributed by atoms with Crippen LogP contribution in [0.15, 0.2) is 0 Å². The Morgan fingerprint density at radius 2 is 2.22 bits per heavy atom. The minimum Gasteiger partial charge on any atom is -0.477 e. The van der Waals surface area contributed by atoms with Gasteiger partial charge in [0.1, 0.15) is 6.10 Å². The number of aliphatic hydroxyl groups is 3.